The Morgan fingerprint density at radius 2 is 1.91 bits per heavy atom. The fourth-order valence-corrected chi connectivity index (χ4v) is 2.20. The second kappa shape index (κ2) is 7.53. The van der Waals surface area contributed by atoms with Crippen molar-refractivity contribution in [2.24, 2.45) is 0 Å². The summed E-state index contributed by atoms with van der Waals surface area (Å²) in [5.41, 5.74) is -1.13. The molecule has 0 fully saturated rings. The van der Waals surface area contributed by atoms with Crippen LogP contribution in [0.4, 0.5) is 18.9 Å². The molecule has 0 aliphatic carbocycles. The minimum absolute atomic E-state index is 0.0519. The summed E-state index contributed by atoms with van der Waals surface area (Å²) in [4.78, 5) is 24.6. The number of hydrogen-bond acceptors (Lipinski definition) is 3. The molecule has 1 N–H and O–H groups in total. The highest BCUT2D eigenvalue weighted by molar-refractivity contribution is 7.98. The summed E-state index contributed by atoms with van der Waals surface area (Å²) in [5.74, 6) is -0.347. The van der Waals surface area contributed by atoms with E-state index in [9.17, 15) is 22.8 Å². The molecule has 8 heteroatoms. The minimum atomic E-state index is -4.60. The molecule has 0 aliphatic rings. The Hall–Kier alpha value is -1.70. The van der Waals surface area contributed by atoms with Gasteiger partial charge in [-0.05, 0) is 24.5 Å². The third kappa shape index (κ3) is 5.25. The topological polar surface area (TPSA) is 49.4 Å². The van der Waals surface area contributed by atoms with Gasteiger partial charge < -0.3 is 10.2 Å². The smallest absolute Gasteiger partial charge is 0.341 e. The number of hydrogen-bond donors (Lipinski definition) is 1. The molecule has 122 valence electrons. The normalized spacial score (nSPS) is 11.2. The molecular weight excluding hydrogens is 317 g/mol. The van der Waals surface area contributed by atoms with E-state index in [4.69, 9.17) is 0 Å². The fourth-order valence-electron chi connectivity index (χ4n) is 1.74. The maximum atomic E-state index is 12.9. The van der Waals surface area contributed by atoms with Gasteiger partial charge in [-0.1, -0.05) is 0 Å². The Morgan fingerprint density at radius 1 is 1.27 bits per heavy atom. The van der Waals surface area contributed by atoms with Crippen LogP contribution in [0, 0.1) is 0 Å². The molecule has 0 spiro atoms. The van der Waals surface area contributed by atoms with Gasteiger partial charge in [0.1, 0.15) is 0 Å². The minimum Gasteiger partial charge on any atom is -0.341 e. The summed E-state index contributed by atoms with van der Waals surface area (Å²) >= 11 is 1.53. The molecule has 0 unspecified atom stereocenters. The van der Waals surface area contributed by atoms with E-state index in [0.29, 0.717) is 12.3 Å². The van der Waals surface area contributed by atoms with Gasteiger partial charge in [-0.3, -0.25) is 9.59 Å². The number of nitrogens with one attached hydrogen (secondary N) is 1. The number of nitrogens with zero attached hydrogens (tertiary/aromatic N) is 1. The van der Waals surface area contributed by atoms with Crippen molar-refractivity contribution in [2.45, 2.75) is 13.1 Å². The predicted octanol–water partition coefficient (Wildman–Crippen LogP) is 3.10. The number of alkyl halides is 3. The van der Waals surface area contributed by atoms with Crippen LogP contribution < -0.4 is 5.32 Å². The highest BCUT2D eigenvalue weighted by atomic mass is 32.2. The van der Waals surface area contributed by atoms with Crippen LogP contribution in [-0.2, 0) is 11.0 Å². The van der Waals surface area contributed by atoms with E-state index < -0.39 is 23.6 Å². The van der Waals surface area contributed by atoms with E-state index in [0.717, 1.165) is 12.1 Å². The zero-order valence-corrected chi connectivity index (χ0v) is 13.3. The van der Waals surface area contributed by atoms with Gasteiger partial charge in [0.2, 0.25) is 5.91 Å². The molecule has 0 aromatic heterocycles. The second-order valence-electron chi connectivity index (χ2n) is 4.70. The molecule has 0 atom stereocenters. The van der Waals surface area contributed by atoms with Crippen molar-refractivity contribution < 1.29 is 22.8 Å². The third-order valence-electron chi connectivity index (χ3n) is 2.81. The molecule has 0 radical (unpaired) electrons. The van der Waals surface area contributed by atoms with Gasteiger partial charge >= 0.3 is 6.18 Å². The molecule has 0 saturated carbocycles. The van der Waals surface area contributed by atoms with E-state index >= 15 is 0 Å². The van der Waals surface area contributed by atoms with Gasteiger partial charge in [0.05, 0.1) is 5.56 Å². The summed E-state index contributed by atoms with van der Waals surface area (Å²) in [6.45, 7) is 1.61. The Balaban J connectivity index is 3.17. The van der Waals surface area contributed by atoms with Crippen LogP contribution in [-0.4, -0.2) is 42.3 Å². The van der Waals surface area contributed by atoms with Crippen LogP contribution >= 0.6 is 11.8 Å². The maximum absolute atomic E-state index is 12.9. The Labute approximate surface area is 131 Å². The third-order valence-corrected chi connectivity index (χ3v) is 3.40. The summed E-state index contributed by atoms with van der Waals surface area (Å²) in [6, 6.07) is 2.85. The summed E-state index contributed by atoms with van der Waals surface area (Å²) in [6.07, 6.45) is -2.72. The number of benzene rings is 1. The molecule has 0 bridgehead atoms. The fraction of sp³-hybridized carbons (Fsp3) is 0.429. The first-order valence-corrected chi connectivity index (χ1v) is 7.79. The van der Waals surface area contributed by atoms with Gasteiger partial charge in [-0.25, -0.2) is 0 Å². The van der Waals surface area contributed by atoms with Crippen molar-refractivity contribution in [2.75, 3.05) is 30.9 Å². The van der Waals surface area contributed by atoms with Crippen LogP contribution in [0.3, 0.4) is 0 Å². The molecule has 1 rings (SSSR count). The number of carbonyl (C=O) groups is 2. The van der Waals surface area contributed by atoms with Gasteiger partial charge in [-0.2, -0.15) is 24.9 Å². The first-order chi connectivity index (χ1) is 10.1. The summed E-state index contributed by atoms with van der Waals surface area (Å²) in [7, 11) is 1.52. The van der Waals surface area contributed by atoms with E-state index in [-0.39, 0.29) is 11.3 Å². The van der Waals surface area contributed by atoms with Crippen LogP contribution in [0.2, 0.25) is 0 Å². The van der Waals surface area contributed by atoms with E-state index in [1.54, 1.807) is 0 Å². The molecule has 22 heavy (non-hydrogen) atoms. The van der Waals surface area contributed by atoms with Crippen molar-refractivity contribution in [1.29, 1.82) is 0 Å². The second-order valence-corrected chi connectivity index (χ2v) is 5.68. The zero-order chi connectivity index (χ0) is 16.9. The standard InChI is InChI=1S/C14H17F3N2O2S/c1-9(20)18-12-7-10(6-11(8-12)14(15,16)17)13(21)19(2)4-5-22-3/h6-8H,4-5H2,1-3H3,(H,18,20). The Kier molecular flexibility index (Phi) is 6.28. The van der Waals surface area contributed by atoms with Crippen LogP contribution in [0.5, 0.6) is 0 Å². The molecule has 1 aromatic rings. The monoisotopic (exact) mass is 334 g/mol. The number of anilines is 1. The van der Waals surface area contributed by atoms with Crippen molar-refractivity contribution in [3.63, 3.8) is 0 Å². The number of thioether (sulfide) groups is 1. The first-order valence-electron chi connectivity index (χ1n) is 6.39. The predicted molar refractivity (Wildman–Crippen MR) is 81.1 cm³/mol. The molecular formula is C14H17F3N2O2S. The lowest BCUT2D eigenvalue weighted by Gasteiger charge is -2.18. The molecule has 4 nitrogen and oxygen atoms in total. The highest BCUT2D eigenvalue weighted by Crippen LogP contribution is 2.32. The maximum Gasteiger partial charge on any atom is 0.416 e. The van der Waals surface area contributed by atoms with Crippen molar-refractivity contribution in [3.05, 3.63) is 29.3 Å². The largest absolute Gasteiger partial charge is 0.416 e. The van der Waals surface area contributed by atoms with Crippen molar-refractivity contribution >= 4 is 29.3 Å². The zero-order valence-electron chi connectivity index (χ0n) is 12.5. The van der Waals surface area contributed by atoms with E-state index in [2.05, 4.69) is 5.32 Å². The molecule has 0 aliphatic heterocycles. The molecule has 0 saturated heterocycles. The number of amides is 2. The average molecular weight is 334 g/mol. The lowest BCUT2D eigenvalue weighted by atomic mass is 10.1. The lowest BCUT2D eigenvalue weighted by molar-refractivity contribution is -0.137. The van der Waals surface area contributed by atoms with Crippen molar-refractivity contribution in [3.8, 4) is 0 Å². The summed E-state index contributed by atoms with van der Waals surface area (Å²) < 4.78 is 38.7. The Bertz CT molecular complexity index is 562. The van der Waals surface area contributed by atoms with E-state index in [1.165, 1.54) is 36.7 Å². The number of rotatable bonds is 5. The van der Waals surface area contributed by atoms with Gasteiger partial charge in [0, 0.05) is 37.5 Å². The molecule has 1 aromatic carbocycles. The lowest BCUT2D eigenvalue weighted by Crippen LogP contribution is -2.29. The number of carbonyl (C=O) groups excluding carboxylic acids is 2. The van der Waals surface area contributed by atoms with Crippen molar-refractivity contribution in [1.82, 2.24) is 4.90 Å². The average Bonchev–Trinajstić information content (AvgIpc) is 2.41. The van der Waals surface area contributed by atoms with Crippen LogP contribution in [0.15, 0.2) is 18.2 Å². The van der Waals surface area contributed by atoms with Crippen LogP contribution in [0.25, 0.3) is 0 Å². The van der Waals surface area contributed by atoms with Gasteiger partial charge in [0.25, 0.3) is 5.91 Å². The quantitative estimate of drug-likeness (QED) is 0.900. The van der Waals surface area contributed by atoms with E-state index in [1.807, 2.05) is 6.26 Å². The number of halogens is 3. The SMILES string of the molecule is CSCCN(C)C(=O)c1cc(NC(C)=O)cc(C(F)(F)F)c1. The Morgan fingerprint density at radius 3 is 2.41 bits per heavy atom. The van der Waals surface area contributed by atoms with Crippen LogP contribution in [0.1, 0.15) is 22.8 Å². The van der Waals surface area contributed by atoms with Gasteiger partial charge in [-0.15, -0.1) is 0 Å². The summed E-state index contributed by atoms with van der Waals surface area (Å²) in [5, 5.41) is 2.28. The molecule has 2 amide bonds. The first kappa shape index (κ1) is 18.3. The van der Waals surface area contributed by atoms with Gasteiger partial charge in [0.15, 0.2) is 0 Å². The molecule has 0 heterocycles. The highest BCUT2D eigenvalue weighted by Gasteiger charge is 2.32.